The van der Waals surface area contributed by atoms with Crippen molar-refractivity contribution in [3.05, 3.63) is 65.6 Å². The molecule has 0 amide bonds. The van der Waals surface area contributed by atoms with E-state index in [4.69, 9.17) is 9.52 Å². The van der Waals surface area contributed by atoms with E-state index in [1.807, 2.05) is 49.4 Å². The van der Waals surface area contributed by atoms with Gasteiger partial charge in [0.25, 0.3) is 0 Å². The van der Waals surface area contributed by atoms with Gasteiger partial charge in [-0.25, -0.2) is 0 Å². The fraction of sp³-hybridized carbons (Fsp3) is 0.391. The second kappa shape index (κ2) is 8.99. The maximum absolute atomic E-state index is 12.8. The zero-order chi connectivity index (χ0) is 20.1. The minimum absolute atomic E-state index is 0.0183. The van der Waals surface area contributed by atoms with Crippen molar-refractivity contribution < 1.29 is 9.32 Å². The Morgan fingerprint density at radius 3 is 2.72 bits per heavy atom. The van der Waals surface area contributed by atoms with E-state index < -0.39 is 0 Å². The minimum atomic E-state index is -0.0183. The Bertz CT molecular complexity index is 1030. The molecule has 1 aliphatic rings. The first-order chi connectivity index (χ1) is 14.2. The van der Waals surface area contributed by atoms with Crippen LogP contribution in [0.4, 0.5) is 0 Å². The third-order valence-electron chi connectivity index (χ3n) is 5.33. The Morgan fingerprint density at radius 1 is 1.14 bits per heavy atom. The van der Waals surface area contributed by atoms with Gasteiger partial charge in [-0.05, 0) is 31.9 Å². The van der Waals surface area contributed by atoms with Crippen LogP contribution in [0.2, 0.25) is 0 Å². The van der Waals surface area contributed by atoms with Crippen LogP contribution in [0.25, 0.3) is 11.4 Å². The Kier molecular flexibility index (Phi) is 5.98. The number of aryl methyl sites for hydroxylation is 2. The molecule has 0 saturated heterocycles. The van der Waals surface area contributed by atoms with Crippen LogP contribution in [0.5, 0.6) is 0 Å². The van der Waals surface area contributed by atoms with E-state index in [-0.39, 0.29) is 12.3 Å². The predicted octanol–water partition coefficient (Wildman–Crippen LogP) is 4.35. The van der Waals surface area contributed by atoms with Crippen LogP contribution in [0.1, 0.15) is 54.8 Å². The molecule has 29 heavy (non-hydrogen) atoms. The summed E-state index contributed by atoms with van der Waals surface area (Å²) in [6, 6.07) is 14.0. The van der Waals surface area contributed by atoms with Crippen molar-refractivity contribution in [2.45, 2.75) is 57.9 Å². The molecule has 0 unspecified atom stereocenters. The fourth-order valence-corrected chi connectivity index (χ4v) is 3.66. The second-order valence-corrected chi connectivity index (χ2v) is 7.62. The van der Waals surface area contributed by atoms with Gasteiger partial charge in [-0.15, -0.1) is 0 Å². The van der Waals surface area contributed by atoms with Crippen molar-refractivity contribution in [2.75, 3.05) is 0 Å². The van der Waals surface area contributed by atoms with E-state index >= 15 is 0 Å². The molecule has 0 bridgehead atoms. The Labute approximate surface area is 170 Å². The number of rotatable bonds is 5. The first-order valence-electron chi connectivity index (χ1n) is 10.3. The van der Waals surface area contributed by atoms with E-state index in [0.717, 1.165) is 23.9 Å². The molecule has 0 N–H and O–H groups in total. The SMILES string of the molecule is Cc1ccc(-c2noc(CCC(=O)n3ccccc3=NC3CCCCC3)n2)cc1. The lowest BCUT2D eigenvalue weighted by molar-refractivity contribution is 0.0893. The zero-order valence-corrected chi connectivity index (χ0v) is 16.8. The van der Waals surface area contributed by atoms with Crippen LogP contribution in [0.15, 0.2) is 58.2 Å². The molecule has 2 heterocycles. The standard InChI is InChI=1S/C23H26N4O2/c1-17-10-12-18(13-11-17)23-25-21(29-26-23)14-15-22(28)27-16-6-5-9-20(27)24-19-7-3-2-4-8-19/h5-6,9-13,16,19H,2-4,7-8,14-15H2,1H3. The molecular weight excluding hydrogens is 364 g/mol. The average molecular weight is 390 g/mol. The van der Waals surface area contributed by atoms with E-state index in [9.17, 15) is 4.79 Å². The molecule has 1 aliphatic carbocycles. The molecule has 4 rings (SSSR count). The van der Waals surface area contributed by atoms with Crippen molar-refractivity contribution in [3.63, 3.8) is 0 Å². The smallest absolute Gasteiger partial charge is 0.232 e. The molecule has 6 nitrogen and oxygen atoms in total. The highest BCUT2D eigenvalue weighted by Crippen LogP contribution is 2.20. The zero-order valence-electron chi connectivity index (χ0n) is 16.8. The molecular formula is C23H26N4O2. The van der Waals surface area contributed by atoms with Gasteiger partial charge in [-0.1, -0.05) is 60.3 Å². The van der Waals surface area contributed by atoms with Crippen molar-refractivity contribution in [3.8, 4) is 11.4 Å². The lowest BCUT2D eigenvalue weighted by Crippen LogP contribution is -2.29. The number of carbonyl (C=O) groups is 1. The number of pyridine rings is 1. The summed E-state index contributed by atoms with van der Waals surface area (Å²) in [7, 11) is 0. The first kappa shape index (κ1) is 19.3. The minimum Gasteiger partial charge on any atom is -0.339 e. The Morgan fingerprint density at radius 2 is 1.93 bits per heavy atom. The fourth-order valence-electron chi connectivity index (χ4n) is 3.66. The normalized spacial score (nSPS) is 15.6. The Hall–Kier alpha value is -3.02. The van der Waals surface area contributed by atoms with Gasteiger partial charge in [-0.3, -0.25) is 14.4 Å². The molecule has 2 aromatic heterocycles. The van der Waals surface area contributed by atoms with Crippen molar-refractivity contribution in [1.82, 2.24) is 14.7 Å². The van der Waals surface area contributed by atoms with Gasteiger partial charge in [-0.2, -0.15) is 4.98 Å². The third-order valence-corrected chi connectivity index (χ3v) is 5.33. The van der Waals surface area contributed by atoms with Crippen LogP contribution in [-0.2, 0) is 6.42 Å². The van der Waals surface area contributed by atoms with Gasteiger partial charge in [0.15, 0.2) is 0 Å². The maximum atomic E-state index is 12.8. The summed E-state index contributed by atoms with van der Waals surface area (Å²) in [6.45, 7) is 2.03. The summed E-state index contributed by atoms with van der Waals surface area (Å²) in [5, 5.41) is 4.04. The average Bonchev–Trinajstić information content (AvgIpc) is 3.23. The highest BCUT2D eigenvalue weighted by molar-refractivity contribution is 5.78. The Balaban J connectivity index is 1.44. The maximum Gasteiger partial charge on any atom is 0.232 e. The summed E-state index contributed by atoms with van der Waals surface area (Å²) >= 11 is 0. The van der Waals surface area contributed by atoms with E-state index in [1.165, 1.54) is 24.8 Å². The van der Waals surface area contributed by atoms with E-state index in [0.29, 0.717) is 24.2 Å². The summed E-state index contributed by atoms with van der Waals surface area (Å²) in [6.07, 6.45) is 8.41. The van der Waals surface area contributed by atoms with Gasteiger partial charge in [0.05, 0.1) is 6.04 Å². The molecule has 3 aromatic rings. The molecule has 1 fully saturated rings. The molecule has 150 valence electrons. The molecule has 0 spiro atoms. The predicted molar refractivity (Wildman–Crippen MR) is 110 cm³/mol. The van der Waals surface area contributed by atoms with Gasteiger partial charge >= 0.3 is 0 Å². The molecule has 1 saturated carbocycles. The van der Waals surface area contributed by atoms with Gasteiger partial charge < -0.3 is 4.52 Å². The number of aromatic nitrogens is 3. The van der Waals surface area contributed by atoms with Crippen molar-refractivity contribution >= 4 is 5.91 Å². The van der Waals surface area contributed by atoms with Crippen molar-refractivity contribution in [2.24, 2.45) is 4.99 Å². The first-order valence-corrected chi connectivity index (χ1v) is 10.3. The number of hydrogen-bond acceptors (Lipinski definition) is 5. The molecule has 0 aliphatic heterocycles. The molecule has 1 aromatic carbocycles. The van der Waals surface area contributed by atoms with E-state index in [1.54, 1.807) is 10.8 Å². The summed E-state index contributed by atoms with van der Waals surface area (Å²) < 4.78 is 6.99. The van der Waals surface area contributed by atoms with Crippen molar-refractivity contribution in [1.29, 1.82) is 0 Å². The number of nitrogens with zero attached hydrogens (tertiary/aromatic N) is 4. The number of benzene rings is 1. The van der Waals surface area contributed by atoms with Gasteiger partial charge in [0.2, 0.25) is 17.6 Å². The summed E-state index contributed by atoms with van der Waals surface area (Å²) in [5.41, 5.74) is 2.82. The number of hydrogen-bond donors (Lipinski definition) is 0. The van der Waals surface area contributed by atoms with Crippen LogP contribution in [0, 0.1) is 6.92 Å². The van der Waals surface area contributed by atoms with E-state index in [2.05, 4.69) is 10.1 Å². The molecule has 0 radical (unpaired) electrons. The highest BCUT2D eigenvalue weighted by atomic mass is 16.5. The van der Waals surface area contributed by atoms with Crippen LogP contribution in [-0.4, -0.2) is 26.7 Å². The summed E-state index contributed by atoms with van der Waals surface area (Å²) in [5.74, 6) is 0.999. The molecule has 6 heteroatoms. The van der Waals surface area contributed by atoms with Gasteiger partial charge in [0, 0.05) is 24.6 Å². The quantitative estimate of drug-likeness (QED) is 0.649. The third kappa shape index (κ3) is 4.88. The monoisotopic (exact) mass is 390 g/mol. The highest BCUT2D eigenvalue weighted by Gasteiger charge is 2.14. The topological polar surface area (TPSA) is 73.3 Å². The molecule has 0 atom stereocenters. The lowest BCUT2D eigenvalue weighted by Gasteiger charge is -2.17. The number of carbonyl (C=O) groups excluding carboxylic acids is 1. The van der Waals surface area contributed by atoms with Gasteiger partial charge in [0.1, 0.15) is 5.49 Å². The van der Waals surface area contributed by atoms with Crippen LogP contribution in [0.3, 0.4) is 0 Å². The summed E-state index contributed by atoms with van der Waals surface area (Å²) in [4.78, 5) is 22.1. The largest absolute Gasteiger partial charge is 0.339 e. The lowest BCUT2D eigenvalue weighted by atomic mass is 9.96. The second-order valence-electron chi connectivity index (χ2n) is 7.62. The van der Waals surface area contributed by atoms with Crippen LogP contribution < -0.4 is 5.49 Å². The van der Waals surface area contributed by atoms with Crippen LogP contribution >= 0.6 is 0 Å².